The number of hydrogen-bond donors (Lipinski definition) is 0. The number of nitrogens with zero attached hydrogens (tertiary/aromatic N) is 2. The van der Waals surface area contributed by atoms with Crippen molar-refractivity contribution in [1.29, 1.82) is 0 Å². The minimum Gasteiger partial charge on any atom is -0.294 e. The van der Waals surface area contributed by atoms with Crippen LogP contribution >= 0.6 is 0 Å². The molecule has 0 spiro atoms. The first-order valence-electron chi connectivity index (χ1n) is 5.53. The Morgan fingerprint density at radius 3 is 2.00 bits per heavy atom. The maximum Gasteiger partial charge on any atom is 0.337 e. The molecule has 0 atom stereocenters. The molecule has 0 saturated carbocycles. The molecule has 0 unspecified atom stereocenters. The second-order valence-electron chi connectivity index (χ2n) is 4.78. The van der Waals surface area contributed by atoms with Crippen LogP contribution in [0, 0.1) is 0 Å². The minimum atomic E-state index is 0.0905. The fourth-order valence-corrected chi connectivity index (χ4v) is 1.93. The second kappa shape index (κ2) is 4.70. The molecule has 0 aromatic heterocycles. The Bertz CT molecular complexity index is 351. The maximum absolute atomic E-state index is 11.3. The average molecular weight is 224 g/mol. The molecule has 0 bridgehead atoms. The van der Waals surface area contributed by atoms with Crippen LogP contribution in [0.15, 0.2) is 12.4 Å². The molecule has 1 aliphatic rings. The predicted octanol–water partition coefficient (Wildman–Crippen LogP) is 0.915. The van der Waals surface area contributed by atoms with Gasteiger partial charge in [0.1, 0.15) is 0 Å². The highest BCUT2D eigenvalue weighted by Crippen LogP contribution is 2.12. The van der Waals surface area contributed by atoms with Crippen LogP contribution < -0.4 is 0 Å². The van der Waals surface area contributed by atoms with Crippen LogP contribution in [0.25, 0.3) is 0 Å². The summed E-state index contributed by atoms with van der Waals surface area (Å²) in [4.78, 5) is 22.5. The van der Waals surface area contributed by atoms with Gasteiger partial charge in [0, 0.05) is 13.8 Å². The van der Waals surface area contributed by atoms with E-state index in [2.05, 4.69) is 13.8 Å². The highest BCUT2D eigenvalue weighted by atomic mass is 16.1. The normalized spacial score (nSPS) is 17.7. The Labute approximate surface area is 96.5 Å². The predicted molar refractivity (Wildman–Crippen MR) is 62.0 cm³/mol. The van der Waals surface area contributed by atoms with E-state index in [4.69, 9.17) is 0 Å². The van der Waals surface area contributed by atoms with Gasteiger partial charge >= 0.3 is 6.34 Å². The van der Waals surface area contributed by atoms with Crippen molar-refractivity contribution in [2.45, 2.75) is 33.7 Å². The minimum absolute atomic E-state index is 0.0905. The summed E-state index contributed by atoms with van der Waals surface area (Å²) in [6, 6.07) is 0.343. The lowest BCUT2D eigenvalue weighted by Crippen LogP contribution is -2.47. The van der Waals surface area contributed by atoms with Crippen molar-refractivity contribution in [2.24, 2.45) is 0 Å². The summed E-state index contributed by atoms with van der Waals surface area (Å²) in [5.41, 5.74) is 0. The number of rotatable bonds is 5. The van der Waals surface area contributed by atoms with E-state index >= 15 is 0 Å². The van der Waals surface area contributed by atoms with Crippen molar-refractivity contribution < 1.29 is 18.6 Å². The fourth-order valence-electron chi connectivity index (χ4n) is 1.93. The van der Waals surface area contributed by atoms with E-state index in [1.807, 2.05) is 23.3 Å². The van der Waals surface area contributed by atoms with Gasteiger partial charge in [-0.05, 0) is 13.8 Å². The third kappa shape index (κ3) is 3.10. The average Bonchev–Trinajstić information content (AvgIpc) is 2.46. The lowest BCUT2D eigenvalue weighted by molar-refractivity contribution is -0.773. The van der Waals surface area contributed by atoms with Gasteiger partial charge in [0.25, 0.3) is 0 Å². The van der Waals surface area contributed by atoms with E-state index in [1.54, 1.807) is 13.8 Å². The van der Waals surface area contributed by atoms with Gasteiger partial charge in [-0.2, -0.15) is 9.06 Å². The van der Waals surface area contributed by atoms with Gasteiger partial charge in [-0.15, -0.1) is 0 Å². The Hall–Kier alpha value is -1.29. The number of quaternary nitrogens is 1. The Balaban J connectivity index is 2.95. The molecular formula is C12H20N2O2+2. The molecule has 1 rings (SSSR count). The van der Waals surface area contributed by atoms with Gasteiger partial charge < -0.3 is 0 Å². The van der Waals surface area contributed by atoms with Crippen molar-refractivity contribution in [1.82, 2.24) is 0 Å². The van der Waals surface area contributed by atoms with Crippen LogP contribution in [0.2, 0.25) is 0 Å². The quantitative estimate of drug-likeness (QED) is 0.514. The Morgan fingerprint density at radius 1 is 1.19 bits per heavy atom. The highest BCUT2D eigenvalue weighted by Gasteiger charge is 2.37. The first kappa shape index (κ1) is 12.8. The maximum atomic E-state index is 11.3. The molecule has 0 radical (unpaired) electrons. The smallest absolute Gasteiger partial charge is 0.294 e. The summed E-state index contributed by atoms with van der Waals surface area (Å²) in [5.74, 6) is 0.181. The zero-order valence-corrected chi connectivity index (χ0v) is 10.4. The molecule has 0 aromatic carbocycles. The number of ketones is 2. The van der Waals surface area contributed by atoms with Gasteiger partial charge in [0.15, 0.2) is 36.9 Å². The molecule has 16 heavy (non-hydrogen) atoms. The lowest BCUT2D eigenvalue weighted by atomic mass is 10.3. The van der Waals surface area contributed by atoms with Crippen LogP contribution in [0.4, 0.5) is 0 Å². The van der Waals surface area contributed by atoms with Crippen LogP contribution in [0.5, 0.6) is 0 Å². The zero-order valence-electron chi connectivity index (χ0n) is 10.4. The molecule has 88 valence electrons. The molecule has 1 heterocycles. The summed E-state index contributed by atoms with van der Waals surface area (Å²) in [5, 5.41) is 0. The number of carbonyl (C=O) groups excluding carboxylic acids is 2. The Morgan fingerprint density at radius 2 is 1.69 bits per heavy atom. The van der Waals surface area contributed by atoms with E-state index in [9.17, 15) is 9.59 Å². The lowest BCUT2D eigenvalue weighted by Gasteiger charge is -2.21. The third-order valence-electron chi connectivity index (χ3n) is 2.53. The topological polar surface area (TPSA) is 37.1 Å². The van der Waals surface area contributed by atoms with E-state index < -0.39 is 0 Å². The molecule has 4 nitrogen and oxygen atoms in total. The molecule has 1 aliphatic heterocycles. The standard InChI is InChI=1S/C12H20N2O2/c1-10(2)13-5-6-14(9-13,7-11(3)15)8-12(4)16/h5-6,9-10H,7-8H2,1-4H3/q+2. The molecule has 0 amide bonds. The molecule has 0 N–H and O–H groups in total. The molecule has 4 heteroatoms. The van der Waals surface area contributed by atoms with Crippen LogP contribution in [0.3, 0.4) is 0 Å². The van der Waals surface area contributed by atoms with Gasteiger partial charge in [0.05, 0.1) is 0 Å². The van der Waals surface area contributed by atoms with Crippen LogP contribution in [-0.2, 0) is 9.59 Å². The molecular weight excluding hydrogens is 204 g/mol. The van der Waals surface area contributed by atoms with E-state index in [-0.39, 0.29) is 11.6 Å². The summed E-state index contributed by atoms with van der Waals surface area (Å²) < 4.78 is 2.36. The van der Waals surface area contributed by atoms with Gasteiger partial charge in [-0.3, -0.25) is 9.59 Å². The molecule has 0 aliphatic carbocycles. The fraction of sp³-hybridized carbons (Fsp3) is 0.583. The van der Waals surface area contributed by atoms with Crippen molar-refractivity contribution >= 4 is 17.9 Å². The molecule has 0 saturated heterocycles. The second-order valence-corrected chi connectivity index (χ2v) is 4.78. The van der Waals surface area contributed by atoms with Crippen LogP contribution in [-0.4, -0.2) is 46.1 Å². The number of hydrogen-bond acceptors (Lipinski definition) is 2. The number of Topliss-reactive ketones (excluding diaryl/α,β-unsaturated/α-hetero) is 2. The van der Waals surface area contributed by atoms with Gasteiger partial charge in [0.2, 0.25) is 6.20 Å². The van der Waals surface area contributed by atoms with Crippen molar-refractivity contribution in [3.05, 3.63) is 12.4 Å². The molecule has 0 aromatic rings. The molecule has 0 fully saturated rings. The first-order valence-corrected chi connectivity index (χ1v) is 5.53. The first-order chi connectivity index (χ1) is 7.34. The largest absolute Gasteiger partial charge is 0.337 e. The van der Waals surface area contributed by atoms with E-state index in [0.29, 0.717) is 23.6 Å². The van der Waals surface area contributed by atoms with Gasteiger partial charge in [-0.25, -0.2) is 0 Å². The van der Waals surface area contributed by atoms with Gasteiger partial charge in [-0.1, -0.05) is 0 Å². The van der Waals surface area contributed by atoms with Crippen LogP contribution in [0.1, 0.15) is 27.7 Å². The highest BCUT2D eigenvalue weighted by molar-refractivity contribution is 5.80. The Kier molecular flexibility index (Phi) is 3.75. The summed E-state index contributed by atoms with van der Waals surface area (Å²) in [7, 11) is 0. The van der Waals surface area contributed by atoms with E-state index in [0.717, 1.165) is 0 Å². The van der Waals surface area contributed by atoms with Crippen molar-refractivity contribution in [3.63, 3.8) is 0 Å². The van der Waals surface area contributed by atoms with Crippen molar-refractivity contribution in [3.8, 4) is 0 Å². The zero-order chi connectivity index (χ0) is 12.3. The summed E-state index contributed by atoms with van der Waals surface area (Å²) in [6.07, 6.45) is 5.81. The third-order valence-corrected chi connectivity index (χ3v) is 2.53. The SMILES string of the molecule is CC(=O)C[N+]1(CC(C)=O)C=C[N+](C(C)C)=C1. The summed E-state index contributed by atoms with van der Waals surface area (Å²) >= 11 is 0. The van der Waals surface area contributed by atoms with Crippen molar-refractivity contribution in [2.75, 3.05) is 13.1 Å². The summed E-state index contributed by atoms with van der Waals surface area (Å²) in [6.45, 7) is 7.95. The number of carbonyl (C=O) groups is 2. The van der Waals surface area contributed by atoms with E-state index in [1.165, 1.54) is 0 Å². The monoisotopic (exact) mass is 224 g/mol.